The van der Waals surface area contributed by atoms with Crippen LogP contribution in [0.1, 0.15) is 25.1 Å². The number of aliphatic hydroxyl groups is 1. The van der Waals surface area contributed by atoms with Crippen LogP contribution in [0, 0.1) is 0 Å². The average Bonchev–Trinajstić information content (AvgIpc) is 2.15. The lowest BCUT2D eigenvalue weighted by molar-refractivity contribution is 0.140. The van der Waals surface area contributed by atoms with E-state index in [1.807, 2.05) is 6.92 Å². The molecular weight excluding hydrogens is 188 g/mol. The molecule has 0 aliphatic heterocycles. The van der Waals surface area contributed by atoms with Gasteiger partial charge in [0.1, 0.15) is 11.3 Å². The van der Waals surface area contributed by atoms with Crippen molar-refractivity contribution in [1.82, 2.24) is 4.98 Å². The van der Waals surface area contributed by atoms with Crippen LogP contribution in [0.25, 0.3) is 0 Å². The van der Waals surface area contributed by atoms with Crippen LogP contribution in [0.5, 0.6) is 0 Å². The summed E-state index contributed by atoms with van der Waals surface area (Å²) in [6.45, 7) is 1.92. The molecule has 3 N–H and O–H groups in total. The zero-order valence-electron chi connectivity index (χ0n) is 7.44. The molecule has 3 nitrogen and oxygen atoms in total. The Balaban J connectivity index is 2.82. The van der Waals surface area contributed by atoms with Crippen LogP contribution in [-0.2, 0) is 0 Å². The van der Waals surface area contributed by atoms with E-state index in [2.05, 4.69) is 4.98 Å². The first-order valence-electron chi connectivity index (χ1n) is 4.21. The summed E-state index contributed by atoms with van der Waals surface area (Å²) in [5.41, 5.74) is 6.19. The lowest BCUT2D eigenvalue weighted by Crippen LogP contribution is -2.27. The number of aromatic nitrogens is 1. The predicted octanol–water partition coefficient (Wildman–Crippen LogP) is 1.51. The molecule has 0 radical (unpaired) electrons. The molecule has 1 heterocycles. The van der Waals surface area contributed by atoms with Crippen molar-refractivity contribution >= 4 is 11.6 Å². The summed E-state index contributed by atoms with van der Waals surface area (Å²) in [5.74, 6) is 0. The Morgan fingerprint density at radius 2 is 2.31 bits per heavy atom. The molecule has 0 amide bonds. The van der Waals surface area contributed by atoms with E-state index in [1.165, 1.54) is 0 Å². The normalized spacial score (nSPS) is 15.4. The number of pyridine rings is 1. The summed E-state index contributed by atoms with van der Waals surface area (Å²) in [4.78, 5) is 3.98. The molecule has 0 saturated heterocycles. The van der Waals surface area contributed by atoms with E-state index in [9.17, 15) is 5.11 Å². The van der Waals surface area contributed by atoms with Gasteiger partial charge in [0.05, 0.1) is 5.69 Å². The second kappa shape index (κ2) is 4.56. The third-order valence-electron chi connectivity index (χ3n) is 1.92. The summed E-state index contributed by atoms with van der Waals surface area (Å²) in [7, 11) is 0. The number of hydrogen-bond donors (Lipinski definition) is 2. The highest BCUT2D eigenvalue weighted by Gasteiger charge is 2.16. The maximum absolute atomic E-state index is 9.67. The van der Waals surface area contributed by atoms with Gasteiger partial charge in [-0.3, -0.25) is 0 Å². The number of hydrogen-bond acceptors (Lipinski definition) is 3. The zero-order chi connectivity index (χ0) is 9.84. The van der Waals surface area contributed by atoms with Crippen molar-refractivity contribution in [3.63, 3.8) is 0 Å². The lowest BCUT2D eigenvalue weighted by Gasteiger charge is -2.16. The Labute approximate surface area is 82.5 Å². The van der Waals surface area contributed by atoms with Crippen molar-refractivity contribution in [2.75, 3.05) is 0 Å². The Morgan fingerprint density at radius 1 is 1.62 bits per heavy atom. The van der Waals surface area contributed by atoms with Gasteiger partial charge in [-0.15, -0.1) is 0 Å². The maximum Gasteiger partial charge on any atom is 0.129 e. The van der Waals surface area contributed by atoms with Crippen molar-refractivity contribution in [1.29, 1.82) is 0 Å². The number of nitrogens with zero attached hydrogens (tertiary/aromatic N) is 1. The zero-order valence-corrected chi connectivity index (χ0v) is 8.20. The lowest BCUT2D eigenvalue weighted by atomic mass is 10.1. The minimum Gasteiger partial charge on any atom is -0.385 e. The van der Waals surface area contributed by atoms with Gasteiger partial charge in [-0.2, -0.15) is 0 Å². The van der Waals surface area contributed by atoms with E-state index in [0.717, 1.165) is 0 Å². The molecule has 0 aliphatic carbocycles. The van der Waals surface area contributed by atoms with Crippen LogP contribution >= 0.6 is 11.6 Å². The molecule has 1 aromatic rings. The van der Waals surface area contributed by atoms with Gasteiger partial charge in [0.2, 0.25) is 0 Å². The van der Waals surface area contributed by atoms with Gasteiger partial charge in [0.15, 0.2) is 0 Å². The predicted molar refractivity (Wildman–Crippen MR) is 52.5 cm³/mol. The topological polar surface area (TPSA) is 59.1 Å². The van der Waals surface area contributed by atoms with E-state index in [4.69, 9.17) is 17.3 Å². The summed E-state index contributed by atoms with van der Waals surface area (Å²) < 4.78 is 0. The number of halogens is 1. The average molecular weight is 201 g/mol. The first-order chi connectivity index (χ1) is 6.15. The highest BCUT2D eigenvalue weighted by Crippen LogP contribution is 2.16. The van der Waals surface area contributed by atoms with Crippen molar-refractivity contribution in [3.05, 3.63) is 29.0 Å². The Morgan fingerprint density at radius 3 is 2.85 bits per heavy atom. The van der Waals surface area contributed by atoms with Gasteiger partial charge < -0.3 is 10.8 Å². The fourth-order valence-electron chi connectivity index (χ4n) is 1.03. The second-order valence-electron chi connectivity index (χ2n) is 2.90. The smallest absolute Gasteiger partial charge is 0.129 e. The fourth-order valence-corrected chi connectivity index (χ4v) is 1.20. The summed E-state index contributed by atoms with van der Waals surface area (Å²) in [6.07, 6.45) is -0.0290. The third-order valence-corrected chi connectivity index (χ3v) is 2.13. The molecule has 0 fully saturated rings. The first-order valence-corrected chi connectivity index (χ1v) is 4.59. The minimum atomic E-state index is -0.733. The Kier molecular flexibility index (Phi) is 3.66. The Bertz CT molecular complexity index is 280. The fraction of sp³-hybridized carbons (Fsp3) is 0.444. The quantitative estimate of drug-likeness (QED) is 0.728. The number of rotatable bonds is 3. The molecule has 13 heavy (non-hydrogen) atoms. The van der Waals surface area contributed by atoms with Gasteiger partial charge in [-0.1, -0.05) is 24.6 Å². The van der Waals surface area contributed by atoms with E-state index in [1.54, 1.807) is 18.2 Å². The Hall–Kier alpha value is -0.640. The second-order valence-corrected chi connectivity index (χ2v) is 3.29. The molecule has 4 heteroatoms. The van der Waals surface area contributed by atoms with E-state index in [0.29, 0.717) is 17.3 Å². The highest BCUT2D eigenvalue weighted by atomic mass is 35.5. The molecule has 0 saturated carbocycles. The van der Waals surface area contributed by atoms with Gasteiger partial charge in [-0.05, 0) is 18.6 Å². The molecular formula is C9H13ClN2O. The number of nitrogens with two attached hydrogens (primary N) is 1. The highest BCUT2D eigenvalue weighted by molar-refractivity contribution is 6.29. The van der Waals surface area contributed by atoms with E-state index < -0.39 is 6.10 Å². The van der Waals surface area contributed by atoms with Gasteiger partial charge in [0, 0.05) is 6.04 Å². The van der Waals surface area contributed by atoms with E-state index in [-0.39, 0.29) is 6.04 Å². The first kappa shape index (κ1) is 10.4. The van der Waals surface area contributed by atoms with Gasteiger partial charge >= 0.3 is 0 Å². The van der Waals surface area contributed by atoms with Crippen LogP contribution < -0.4 is 5.73 Å². The van der Waals surface area contributed by atoms with Crippen molar-refractivity contribution in [2.24, 2.45) is 5.73 Å². The molecule has 72 valence electrons. The molecule has 1 rings (SSSR count). The monoisotopic (exact) mass is 200 g/mol. The van der Waals surface area contributed by atoms with Crippen LogP contribution in [0.2, 0.25) is 5.15 Å². The molecule has 2 atom stereocenters. The summed E-state index contributed by atoms with van der Waals surface area (Å²) >= 11 is 5.67. The molecule has 0 bridgehead atoms. The summed E-state index contributed by atoms with van der Waals surface area (Å²) in [5, 5.41) is 10.0. The largest absolute Gasteiger partial charge is 0.385 e. The van der Waals surface area contributed by atoms with Crippen molar-refractivity contribution in [3.8, 4) is 0 Å². The van der Waals surface area contributed by atoms with Gasteiger partial charge in [-0.25, -0.2) is 4.98 Å². The SMILES string of the molecule is CCC(N)C(O)c1cccc(Cl)n1. The van der Waals surface area contributed by atoms with Crippen molar-refractivity contribution < 1.29 is 5.11 Å². The van der Waals surface area contributed by atoms with Crippen LogP contribution in [-0.4, -0.2) is 16.1 Å². The van der Waals surface area contributed by atoms with Crippen molar-refractivity contribution in [2.45, 2.75) is 25.5 Å². The van der Waals surface area contributed by atoms with Gasteiger partial charge in [0.25, 0.3) is 0 Å². The molecule has 1 aromatic heterocycles. The number of aliphatic hydroxyl groups excluding tert-OH is 1. The standard InChI is InChI=1S/C9H13ClN2O/c1-2-6(11)9(13)7-4-3-5-8(10)12-7/h3-6,9,13H,2,11H2,1H3. The van der Waals surface area contributed by atoms with Crippen LogP contribution in [0.3, 0.4) is 0 Å². The summed E-state index contributed by atoms with van der Waals surface area (Å²) in [6, 6.07) is 4.84. The molecule has 0 aliphatic rings. The van der Waals surface area contributed by atoms with Crippen LogP contribution in [0.4, 0.5) is 0 Å². The molecule has 2 unspecified atom stereocenters. The molecule has 0 spiro atoms. The van der Waals surface area contributed by atoms with Crippen LogP contribution in [0.15, 0.2) is 18.2 Å². The maximum atomic E-state index is 9.67. The molecule has 0 aromatic carbocycles. The third kappa shape index (κ3) is 2.66. The minimum absolute atomic E-state index is 0.286. The van der Waals surface area contributed by atoms with E-state index >= 15 is 0 Å².